The van der Waals surface area contributed by atoms with Gasteiger partial charge in [-0.3, -0.25) is 4.79 Å². The number of amides is 1. The van der Waals surface area contributed by atoms with Crippen LogP contribution in [0.1, 0.15) is 23.6 Å². The lowest BCUT2D eigenvalue weighted by Gasteiger charge is -1.96. The van der Waals surface area contributed by atoms with Crippen LogP contribution in [0.2, 0.25) is 0 Å². The molecule has 1 aromatic heterocycles. The van der Waals surface area contributed by atoms with Crippen LogP contribution < -0.4 is 5.73 Å². The highest BCUT2D eigenvalue weighted by Gasteiger charge is 2.09. The summed E-state index contributed by atoms with van der Waals surface area (Å²) in [7, 11) is 0. The van der Waals surface area contributed by atoms with E-state index in [1.54, 1.807) is 11.8 Å². The summed E-state index contributed by atoms with van der Waals surface area (Å²) >= 11 is 2.81. The van der Waals surface area contributed by atoms with Gasteiger partial charge < -0.3 is 5.73 Å². The molecule has 0 saturated heterocycles. The van der Waals surface area contributed by atoms with Gasteiger partial charge in [-0.15, -0.1) is 10.2 Å². The van der Waals surface area contributed by atoms with E-state index in [4.69, 9.17) is 5.73 Å². The Bertz CT molecular complexity index is 284. The van der Waals surface area contributed by atoms with E-state index in [0.717, 1.165) is 4.34 Å². The van der Waals surface area contributed by atoms with Crippen LogP contribution >= 0.6 is 23.1 Å². The zero-order valence-corrected chi connectivity index (χ0v) is 8.41. The standard InChI is InChI=1S/C6H9N3OS2/c1-3(2)11-6-9-8-5(12-6)4(7)10/h3H,1-2H3,(H2,7,10). The maximum Gasteiger partial charge on any atom is 0.279 e. The number of carbonyl (C=O) groups is 1. The third-order valence-corrected chi connectivity index (χ3v) is 2.98. The molecule has 0 saturated carbocycles. The molecule has 0 unspecified atom stereocenters. The molecule has 0 fully saturated rings. The number of aromatic nitrogens is 2. The lowest BCUT2D eigenvalue weighted by Crippen LogP contribution is -2.10. The van der Waals surface area contributed by atoms with Gasteiger partial charge in [-0.05, 0) is 0 Å². The SMILES string of the molecule is CC(C)Sc1nnc(C(N)=O)s1. The van der Waals surface area contributed by atoms with E-state index in [2.05, 4.69) is 24.0 Å². The molecule has 0 radical (unpaired) electrons. The van der Waals surface area contributed by atoms with Crippen molar-refractivity contribution in [3.63, 3.8) is 0 Å². The predicted molar refractivity (Wildman–Crippen MR) is 49.4 cm³/mol. The van der Waals surface area contributed by atoms with Crippen LogP contribution in [0.25, 0.3) is 0 Å². The highest BCUT2D eigenvalue weighted by molar-refractivity contribution is 8.01. The largest absolute Gasteiger partial charge is 0.363 e. The Morgan fingerprint density at radius 3 is 2.67 bits per heavy atom. The maximum atomic E-state index is 10.6. The Balaban J connectivity index is 2.71. The molecule has 0 spiro atoms. The zero-order chi connectivity index (χ0) is 9.14. The molecule has 1 amide bonds. The van der Waals surface area contributed by atoms with Crippen molar-refractivity contribution in [2.75, 3.05) is 0 Å². The smallest absolute Gasteiger partial charge is 0.279 e. The van der Waals surface area contributed by atoms with Gasteiger partial charge in [0.05, 0.1) is 0 Å². The van der Waals surface area contributed by atoms with E-state index in [-0.39, 0.29) is 5.01 Å². The monoisotopic (exact) mass is 203 g/mol. The van der Waals surface area contributed by atoms with Crippen molar-refractivity contribution in [2.24, 2.45) is 5.73 Å². The minimum Gasteiger partial charge on any atom is -0.363 e. The van der Waals surface area contributed by atoms with Gasteiger partial charge in [0, 0.05) is 5.25 Å². The second kappa shape index (κ2) is 3.86. The average Bonchev–Trinajstić information content (AvgIpc) is 2.34. The Labute approximate surface area is 78.6 Å². The summed E-state index contributed by atoms with van der Waals surface area (Å²) in [5, 5.41) is 8.17. The first kappa shape index (κ1) is 9.47. The molecular weight excluding hydrogens is 194 g/mol. The van der Waals surface area contributed by atoms with E-state index >= 15 is 0 Å². The van der Waals surface area contributed by atoms with Crippen LogP contribution in [-0.2, 0) is 0 Å². The fourth-order valence-corrected chi connectivity index (χ4v) is 2.49. The van der Waals surface area contributed by atoms with Crippen LogP contribution in [0.4, 0.5) is 0 Å². The highest BCUT2D eigenvalue weighted by atomic mass is 32.2. The fourth-order valence-electron chi connectivity index (χ4n) is 0.559. The summed E-state index contributed by atoms with van der Waals surface area (Å²) in [4.78, 5) is 10.6. The molecule has 0 bridgehead atoms. The van der Waals surface area contributed by atoms with E-state index in [9.17, 15) is 4.79 Å². The number of hydrogen-bond acceptors (Lipinski definition) is 5. The Hall–Kier alpha value is -0.620. The Kier molecular flexibility index (Phi) is 3.05. The number of rotatable bonds is 3. The first-order valence-electron chi connectivity index (χ1n) is 3.39. The van der Waals surface area contributed by atoms with Gasteiger partial charge in [0.1, 0.15) is 0 Å². The van der Waals surface area contributed by atoms with Crippen LogP contribution in [0.3, 0.4) is 0 Å². The zero-order valence-electron chi connectivity index (χ0n) is 6.77. The third kappa shape index (κ3) is 2.46. The minimum atomic E-state index is -0.511. The summed E-state index contributed by atoms with van der Waals surface area (Å²) in [5.74, 6) is -0.511. The van der Waals surface area contributed by atoms with Crippen molar-refractivity contribution in [3.8, 4) is 0 Å². The molecule has 66 valence electrons. The molecule has 0 aliphatic carbocycles. The number of primary amides is 1. The number of nitrogens with zero attached hydrogens (tertiary/aromatic N) is 2. The Morgan fingerprint density at radius 2 is 2.25 bits per heavy atom. The molecule has 0 aromatic carbocycles. The lowest BCUT2D eigenvalue weighted by atomic mass is 10.6. The summed E-state index contributed by atoms with van der Waals surface area (Å²) < 4.78 is 0.791. The number of carbonyl (C=O) groups excluding carboxylic acids is 1. The number of thioether (sulfide) groups is 1. The van der Waals surface area contributed by atoms with Crippen molar-refractivity contribution in [2.45, 2.75) is 23.4 Å². The van der Waals surface area contributed by atoms with Gasteiger partial charge in [-0.2, -0.15) is 0 Å². The van der Waals surface area contributed by atoms with E-state index < -0.39 is 5.91 Å². The molecule has 12 heavy (non-hydrogen) atoms. The predicted octanol–water partition coefficient (Wildman–Crippen LogP) is 1.14. The van der Waals surface area contributed by atoms with Crippen LogP contribution in [0.15, 0.2) is 4.34 Å². The van der Waals surface area contributed by atoms with Gasteiger partial charge in [0.2, 0.25) is 5.01 Å². The van der Waals surface area contributed by atoms with Crippen molar-refractivity contribution in [3.05, 3.63) is 5.01 Å². The highest BCUT2D eigenvalue weighted by Crippen LogP contribution is 2.25. The molecule has 6 heteroatoms. The minimum absolute atomic E-state index is 0.276. The van der Waals surface area contributed by atoms with Gasteiger partial charge in [-0.1, -0.05) is 36.9 Å². The van der Waals surface area contributed by atoms with Gasteiger partial charge in [-0.25, -0.2) is 0 Å². The normalized spacial score (nSPS) is 10.6. The van der Waals surface area contributed by atoms with E-state index in [0.29, 0.717) is 5.25 Å². The van der Waals surface area contributed by atoms with Gasteiger partial charge >= 0.3 is 0 Å². The fraction of sp³-hybridized carbons (Fsp3) is 0.500. The van der Waals surface area contributed by atoms with Crippen molar-refractivity contribution in [1.82, 2.24) is 10.2 Å². The van der Waals surface area contributed by atoms with Crippen LogP contribution in [0, 0.1) is 0 Å². The summed E-state index contributed by atoms with van der Waals surface area (Å²) in [6.45, 7) is 4.10. The maximum absolute atomic E-state index is 10.6. The number of hydrogen-bond donors (Lipinski definition) is 1. The molecule has 0 aliphatic rings. The van der Waals surface area contributed by atoms with Gasteiger partial charge in [0.15, 0.2) is 4.34 Å². The quantitative estimate of drug-likeness (QED) is 0.748. The number of nitrogens with two attached hydrogens (primary N) is 1. The molecular formula is C6H9N3OS2. The van der Waals surface area contributed by atoms with E-state index in [1.165, 1.54) is 11.3 Å². The molecule has 0 atom stereocenters. The summed E-state index contributed by atoms with van der Waals surface area (Å²) in [6, 6.07) is 0. The van der Waals surface area contributed by atoms with Gasteiger partial charge in [0.25, 0.3) is 5.91 Å². The molecule has 1 rings (SSSR count). The first-order valence-corrected chi connectivity index (χ1v) is 5.09. The first-order chi connectivity index (χ1) is 5.59. The van der Waals surface area contributed by atoms with Crippen LogP contribution in [0.5, 0.6) is 0 Å². The van der Waals surface area contributed by atoms with E-state index in [1.807, 2.05) is 0 Å². The Morgan fingerprint density at radius 1 is 1.58 bits per heavy atom. The molecule has 0 aliphatic heterocycles. The summed E-state index contributed by atoms with van der Waals surface area (Å²) in [6.07, 6.45) is 0. The molecule has 1 heterocycles. The van der Waals surface area contributed by atoms with Crippen molar-refractivity contribution < 1.29 is 4.79 Å². The third-order valence-electron chi connectivity index (χ3n) is 0.954. The molecule has 4 nitrogen and oxygen atoms in total. The summed E-state index contributed by atoms with van der Waals surface area (Å²) in [5.41, 5.74) is 5.02. The topological polar surface area (TPSA) is 68.9 Å². The molecule has 1 aromatic rings. The van der Waals surface area contributed by atoms with Crippen molar-refractivity contribution >= 4 is 29.0 Å². The second-order valence-electron chi connectivity index (χ2n) is 2.40. The second-order valence-corrected chi connectivity index (χ2v) is 5.21. The molecule has 2 N–H and O–H groups in total. The van der Waals surface area contributed by atoms with Crippen molar-refractivity contribution in [1.29, 1.82) is 0 Å². The average molecular weight is 203 g/mol. The van der Waals surface area contributed by atoms with Crippen LogP contribution in [-0.4, -0.2) is 21.4 Å². The lowest BCUT2D eigenvalue weighted by molar-refractivity contribution is 0.0999.